The van der Waals surface area contributed by atoms with Gasteiger partial charge >= 0.3 is 0 Å². The zero-order chi connectivity index (χ0) is 18.4. The third kappa shape index (κ3) is 2.85. The Hall–Kier alpha value is -2.25. The summed E-state index contributed by atoms with van der Waals surface area (Å²) in [6, 6.07) is 8.36. The van der Waals surface area contributed by atoms with Crippen LogP contribution in [0.5, 0.6) is 0 Å². The maximum atomic E-state index is 6.30. The van der Waals surface area contributed by atoms with Gasteiger partial charge in [0.15, 0.2) is 11.6 Å². The van der Waals surface area contributed by atoms with E-state index >= 15 is 0 Å². The van der Waals surface area contributed by atoms with Gasteiger partial charge in [0, 0.05) is 23.7 Å². The SMILES string of the molecule is Cc1cc(C)n(-c2ccc(N3CCC4(CC3)OCCc3ccsc34)nn2)n1. The van der Waals surface area contributed by atoms with Crippen LogP contribution >= 0.6 is 11.3 Å². The molecule has 7 heteroatoms. The molecule has 0 aliphatic carbocycles. The minimum Gasteiger partial charge on any atom is -0.369 e. The lowest BCUT2D eigenvalue weighted by Gasteiger charge is -2.44. The number of thiophene rings is 1. The predicted molar refractivity (Wildman–Crippen MR) is 106 cm³/mol. The molecular formula is C20H23N5OS. The molecule has 2 aliphatic heterocycles. The van der Waals surface area contributed by atoms with E-state index in [0.29, 0.717) is 0 Å². The molecule has 0 unspecified atom stereocenters. The number of anilines is 1. The van der Waals surface area contributed by atoms with Gasteiger partial charge in [-0.2, -0.15) is 5.10 Å². The summed E-state index contributed by atoms with van der Waals surface area (Å²) in [6.45, 7) is 6.72. The topological polar surface area (TPSA) is 56.1 Å². The molecule has 3 aromatic rings. The van der Waals surface area contributed by atoms with Crippen LogP contribution in [-0.2, 0) is 16.8 Å². The molecule has 5 rings (SSSR count). The third-order valence-electron chi connectivity index (χ3n) is 5.67. The Morgan fingerprint density at radius 1 is 1.07 bits per heavy atom. The van der Waals surface area contributed by atoms with Gasteiger partial charge in [0.2, 0.25) is 0 Å². The van der Waals surface area contributed by atoms with E-state index in [-0.39, 0.29) is 5.60 Å². The summed E-state index contributed by atoms with van der Waals surface area (Å²) >= 11 is 1.85. The first-order valence-electron chi connectivity index (χ1n) is 9.48. The lowest BCUT2D eigenvalue weighted by molar-refractivity contribution is -0.0735. The molecule has 140 valence electrons. The number of aryl methyl sites for hydroxylation is 2. The van der Waals surface area contributed by atoms with Crippen molar-refractivity contribution in [3.8, 4) is 5.82 Å². The van der Waals surface area contributed by atoms with E-state index in [9.17, 15) is 0 Å². The van der Waals surface area contributed by atoms with Crippen LogP contribution in [0, 0.1) is 13.8 Å². The van der Waals surface area contributed by atoms with E-state index in [1.165, 1.54) is 10.4 Å². The minimum absolute atomic E-state index is 0.0880. The lowest BCUT2D eigenvalue weighted by atomic mass is 9.85. The number of piperidine rings is 1. The van der Waals surface area contributed by atoms with Crippen molar-refractivity contribution in [2.45, 2.75) is 38.7 Å². The molecule has 1 saturated heterocycles. The molecule has 0 radical (unpaired) electrons. The van der Waals surface area contributed by atoms with Gasteiger partial charge < -0.3 is 9.64 Å². The number of nitrogens with zero attached hydrogens (tertiary/aromatic N) is 5. The van der Waals surface area contributed by atoms with Crippen molar-refractivity contribution in [3.05, 3.63) is 51.5 Å². The second-order valence-corrected chi connectivity index (χ2v) is 8.36. The quantitative estimate of drug-likeness (QED) is 0.681. The van der Waals surface area contributed by atoms with Gasteiger partial charge in [-0.15, -0.1) is 21.5 Å². The maximum Gasteiger partial charge on any atom is 0.176 e. The van der Waals surface area contributed by atoms with Crippen molar-refractivity contribution < 1.29 is 4.74 Å². The van der Waals surface area contributed by atoms with Crippen molar-refractivity contribution in [2.24, 2.45) is 0 Å². The normalized spacial score (nSPS) is 18.7. The molecule has 27 heavy (non-hydrogen) atoms. The first-order valence-corrected chi connectivity index (χ1v) is 10.4. The fourth-order valence-corrected chi connectivity index (χ4v) is 5.45. The summed E-state index contributed by atoms with van der Waals surface area (Å²) in [5.41, 5.74) is 3.44. The maximum absolute atomic E-state index is 6.30. The highest BCUT2D eigenvalue weighted by Crippen LogP contribution is 2.44. The Kier molecular flexibility index (Phi) is 4.02. The van der Waals surface area contributed by atoms with Crippen LogP contribution in [0.4, 0.5) is 5.82 Å². The number of fused-ring (bicyclic) bond motifs is 2. The molecule has 0 N–H and O–H groups in total. The molecule has 0 bridgehead atoms. The van der Waals surface area contributed by atoms with Gasteiger partial charge in [-0.3, -0.25) is 0 Å². The van der Waals surface area contributed by atoms with E-state index < -0.39 is 0 Å². The number of aromatic nitrogens is 4. The van der Waals surface area contributed by atoms with Crippen LogP contribution in [0.25, 0.3) is 5.82 Å². The molecular weight excluding hydrogens is 358 g/mol. The van der Waals surface area contributed by atoms with Gasteiger partial charge in [-0.25, -0.2) is 4.68 Å². The van der Waals surface area contributed by atoms with Gasteiger partial charge in [-0.1, -0.05) is 0 Å². The van der Waals surface area contributed by atoms with Crippen LogP contribution in [0.2, 0.25) is 0 Å². The van der Waals surface area contributed by atoms with Crippen molar-refractivity contribution in [1.29, 1.82) is 0 Å². The van der Waals surface area contributed by atoms with Crippen LogP contribution in [0.1, 0.15) is 34.7 Å². The highest BCUT2D eigenvalue weighted by Gasteiger charge is 2.42. The van der Waals surface area contributed by atoms with Gasteiger partial charge in [0.05, 0.1) is 12.3 Å². The first-order chi connectivity index (χ1) is 13.1. The molecule has 1 fully saturated rings. The number of hydrogen-bond donors (Lipinski definition) is 0. The summed E-state index contributed by atoms with van der Waals surface area (Å²) in [5, 5.41) is 15.6. The Bertz CT molecular complexity index is 953. The van der Waals surface area contributed by atoms with Crippen LogP contribution in [-0.4, -0.2) is 39.7 Å². The average molecular weight is 382 g/mol. The molecule has 3 aromatic heterocycles. The Morgan fingerprint density at radius 3 is 2.56 bits per heavy atom. The van der Waals surface area contributed by atoms with E-state index in [1.54, 1.807) is 0 Å². The van der Waals surface area contributed by atoms with Crippen molar-refractivity contribution in [2.75, 3.05) is 24.6 Å². The number of rotatable bonds is 2. The minimum atomic E-state index is -0.0880. The molecule has 6 nitrogen and oxygen atoms in total. The van der Waals surface area contributed by atoms with Gasteiger partial charge in [-0.05, 0) is 68.3 Å². The Morgan fingerprint density at radius 2 is 1.85 bits per heavy atom. The summed E-state index contributed by atoms with van der Waals surface area (Å²) in [5.74, 6) is 1.69. The second kappa shape index (κ2) is 6.42. The second-order valence-electron chi connectivity index (χ2n) is 7.44. The van der Waals surface area contributed by atoms with Crippen LogP contribution < -0.4 is 4.90 Å². The molecule has 0 saturated carbocycles. The number of ether oxygens (including phenoxy) is 1. The van der Waals surface area contributed by atoms with Gasteiger partial charge in [0.1, 0.15) is 5.60 Å². The molecule has 5 heterocycles. The summed E-state index contributed by atoms with van der Waals surface area (Å²) in [7, 11) is 0. The summed E-state index contributed by atoms with van der Waals surface area (Å²) in [4.78, 5) is 3.76. The Balaban J connectivity index is 1.33. The monoisotopic (exact) mass is 381 g/mol. The smallest absolute Gasteiger partial charge is 0.176 e. The molecule has 0 atom stereocenters. The summed E-state index contributed by atoms with van der Waals surface area (Å²) < 4.78 is 8.14. The Labute approximate surface area is 162 Å². The summed E-state index contributed by atoms with van der Waals surface area (Å²) in [6.07, 6.45) is 3.05. The predicted octanol–water partition coefficient (Wildman–Crippen LogP) is 3.41. The van der Waals surface area contributed by atoms with Crippen LogP contribution in [0.3, 0.4) is 0 Å². The lowest BCUT2D eigenvalue weighted by Crippen LogP contribution is -2.46. The highest BCUT2D eigenvalue weighted by atomic mass is 32.1. The molecule has 1 spiro atoms. The van der Waals surface area contributed by atoms with Crippen molar-refractivity contribution in [1.82, 2.24) is 20.0 Å². The van der Waals surface area contributed by atoms with Crippen molar-refractivity contribution in [3.63, 3.8) is 0 Å². The first kappa shape index (κ1) is 16.9. The molecule has 0 aromatic carbocycles. The van der Waals surface area contributed by atoms with E-state index in [1.807, 2.05) is 42.0 Å². The largest absolute Gasteiger partial charge is 0.369 e. The number of hydrogen-bond acceptors (Lipinski definition) is 6. The molecule has 2 aliphatic rings. The fraction of sp³-hybridized carbons (Fsp3) is 0.450. The standard InChI is InChI=1S/C20H23N5OS/c1-14-13-15(2)25(23-14)18-4-3-17(21-22-18)24-9-7-20(8-10-24)19-16(5-11-26-20)6-12-27-19/h3-4,6,12-13H,5,7-11H2,1-2H3. The van der Waals surface area contributed by atoms with E-state index in [2.05, 4.69) is 37.7 Å². The van der Waals surface area contributed by atoms with Crippen LogP contribution in [0.15, 0.2) is 29.6 Å². The van der Waals surface area contributed by atoms with Crippen molar-refractivity contribution >= 4 is 17.2 Å². The van der Waals surface area contributed by atoms with E-state index in [4.69, 9.17) is 4.74 Å². The zero-order valence-corrected chi connectivity index (χ0v) is 16.5. The van der Waals surface area contributed by atoms with E-state index in [0.717, 1.165) is 62.0 Å². The highest BCUT2D eigenvalue weighted by molar-refractivity contribution is 7.10. The average Bonchev–Trinajstić information content (AvgIpc) is 3.30. The fourth-order valence-electron chi connectivity index (χ4n) is 4.28. The third-order valence-corrected chi connectivity index (χ3v) is 6.81. The van der Waals surface area contributed by atoms with Gasteiger partial charge in [0.25, 0.3) is 0 Å². The molecule has 0 amide bonds. The zero-order valence-electron chi connectivity index (χ0n) is 15.7.